The first-order valence-corrected chi connectivity index (χ1v) is 11.3. The minimum Gasteiger partial charge on any atom is -0.423 e. The Kier molecular flexibility index (Phi) is 4.40. The first-order valence-electron chi connectivity index (χ1n) is 11.3. The van der Waals surface area contributed by atoms with Crippen LogP contribution in [-0.2, 0) is 6.67 Å². The number of hydrogen-bond acceptors (Lipinski definition) is 4. The number of anilines is 1. The van der Waals surface area contributed by atoms with Crippen molar-refractivity contribution in [2.45, 2.75) is 33.4 Å². The molecule has 0 radical (unpaired) electrons. The minimum absolute atomic E-state index is 0.0675. The van der Waals surface area contributed by atoms with Crippen LogP contribution >= 0.6 is 0 Å². The molecular weight excluding hydrogens is 410 g/mol. The number of para-hydroxylation sites is 2. The van der Waals surface area contributed by atoms with Gasteiger partial charge >= 0.3 is 5.63 Å². The molecule has 0 amide bonds. The van der Waals surface area contributed by atoms with Crippen molar-refractivity contribution < 1.29 is 4.42 Å². The second-order valence-corrected chi connectivity index (χ2v) is 9.09. The van der Waals surface area contributed by atoms with E-state index >= 15 is 0 Å². The van der Waals surface area contributed by atoms with E-state index in [-0.39, 0.29) is 11.5 Å². The Balaban J connectivity index is 1.59. The van der Waals surface area contributed by atoms with E-state index in [4.69, 9.17) is 9.40 Å². The lowest BCUT2D eigenvalue weighted by Crippen LogP contribution is -2.38. The van der Waals surface area contributed by atoms with Crippen molar-refractivity contribution in [3.8, 4) is 0 Å². The molecule has 0 saturated carbocycles. The predicted octanol–water partition coefficient (Wildman–Crippen LogP) is 5.68. The lowest BCUT2D eigenvalue weighted by Gasteiger charge is -2.36. The molecule has 5 aromatic rings. The Labute approximate surface area is 191 Å². The summed E-state index contributed by atoms with van der Waals surface area (Å²) in [4.78, 5) is 20.0. The largest absolute Gasteiger partial charge is 0.423 e. The lowest BCUT2D eigenvalue weighted by atomic mass is 9.92. The molecule has 3 aromatic carbocycles. The molecule has 33 heavy (non-hydrogen) atoms. The quantitative estimate of drug-likeness (QED) is 0.335. The highest BCUT2D eigenvalue weighted by Crippen LogP contribution is 2.37. The van der Waals surface area contributed by atoms with E-state index in [2.05, 4.69) is 71.8 Å². The number of fused-ring (bicyclic) bond motifs is 4. The number of hydrogen-bond donors (Lipinski definition) is 0. The molecule has 2 aromatic heterocycles. The monoisotopic (exact) mass is 435 g/mol. The molecule has 1 atom stereocenters. The summed E-state index contributed by atoms with van der Waals surface area (Å²) < 4.78 is 7.85. The van der Waals surface area contributed by atoms with Gasteiger partial charge in [0.1, 0.15) is 11.4 Å². The average Bonchev–Trinajstić information content (AvgIpc) is 3.18. The van der Waals surface area contributed by atoms with Crippen LogP contribution in [-0.4, -0.2) is 16.1 Å². The van der Waals surface area contributed by atoms with Gasteiger partial charge in [0.2, 0.25) is 0 Å². The van der Waals surface area contributed by atoms with Gasteiger partial charge in [-0.1, -0.05) is 30.3 Å². The third-order valence-corrected chi connectivity index (χ3v) is 6.87. The molecule has 1 unspecified atom stereocenters. The first-order chi connectivity index (χ1) is 16.0. The number of aryl methyl sites for hydroxylation is 3. The van der Waals surface area contributed by atoms with Gasteiger partial charge in [-0.3, -0.25) is 0 Å². The summed E-state index contributed by atoms with van der Waals surface area (Å²) in [6.45, 7) is 7.74. The molecule has 164 valence electrons. The molecule has 3 heterocycles. The molecule has 0 saturated heterocycles. The number of rotatable bonds is 2. The maximum atomic E-state index is 12.6. The van der Waals surface area contributed by atoms with E-state index in [1.54, 1.807) is 6.07 Å². The van der Waals surface area contributed by atoms with Crippen molar-refractivity contribution in [1.29, 1.82) is 0 Å². The highest BCUT2D eigenvalue weighted by atomic mass is 16.4. The van der Waals surface area contributed by atoms with Crippen LogP contribution in [0, 0.1) is 20.8 Å². The van der Waals surface area contributed by atoms with Gasteiger partial charge in [0, 0.05) is 23.7 Å². The third kappa shape index (κ3) is 3.23. The zero-order valence-corrected chi connectivity index (χ0v) is 19.0. The molecule has 5 heteroatoms. The second kappa shape index (κ2) is 7.34. The summed E-state index contributed by atoms with van der Waals surface area (Å²) >= 11 is 0. The lowest BCUT2D eigenvalue weighted by molar-refractivity contribution is 0.516. The van der Waals surface area contributed by atoms with Crippen molar-refractivity contribution >= 4 is 27.7 Å². The fourth-order valence-electron chi connectivity index (χ4n) is 4.97. The number of aromatic nitrogens is 2. The van der Waals surface area contributed by atoms with Gasteiger partial charge in [-0.15, -0.1) is 0 Å². The van der Waals surface area contributed by atoms with Gasteiger partial charge in [-0.05, 0) is 73.4 Å². The SMILES string of the molecule is Cc1ccc2c(C3CN(c4ccc(C)c(C)c4)Cn4c3nc3ccccc34)cc(=O)oc2c1. The van der Waals surface area contributed by atoms with Gasteiger partial charge in [-0.25, -0.2) is 9.78 Å². The molecule has 0 fully saturated rings. The van der Waals surface area contributed by atoms with Crippen molar-refractivity contribution in [2.24, 2.45) is 0 Å². The van der Waals surface area contributed by atoms with Gasteiger partial charge in [0.15, 0.2) is 0 Å². The zero-order valence-electron chi connectivity index (χ0n) is 19.0. The molecule has 6 rings (SSSR count). The van der Waals surface area contributed by atoms with Crippen LogP contribution in [0.3, 0.4) is 0 Å². The maximum Gasteiger partial charge on any atom is 0.336 e. The predicted molar refractivity (Wildman–Crippen MR) is 132 cm³/mol. The number of nitrogens with zero attached hydrogens (tertiary/aromatic N) is 3. The molecule has 1 aliphatic rings. The topological polar surface area (TPSA) is 51.3 Å². The fourth-order valence-corrected chi connectivity index (χ4v) is 4.97. The summed E-state index contributed by atoms with van der Waals surface area (Å²) in [5.74, 6) is 0.922. The third-order valence-electron chi connectivity index (χ3n) is 6.87. The molecule has 0 aliphatic carbocycles. The maximum absolute atomic E-state index is 12.6. The molecule has 0 bridgehead atoms. The number of imidazole rings is 1. The van der Waals surface area contributed by atoms with Gasteiger partial charge in [0.25, 0.3) is 0 Å². The Bertz CT molecular complexity index is 1590. The molecule has 0 N–H and O–H groups in total. The van der Waals surface area contributed by atoms with Crippen LogP contribution in [0.5, 0.6) is 0 Å². The van der Waals surface area contributed by atoms with Gasteiger partial charge in [-0.2, -0.15) is 0 Å². The molecule has 0 spiro atoms. The van der Waals surface area contributed by atoms with Crippen LogP contribution in [0.1, 0.15) is 34.0 Å². The van der Waals surface area contributed by atoms with E-state index in [0.717, 1.165) is 39.9 Å². The van der Waals surface area contributed by atoms with E-state index in [9.17, 15) is 4.79 Å². The summed E-state index contributed by atoms with van der Waals surface area (Å²) in [6, 6.07) is 22.6. The molecule has 5 nitrogen and oxygen atoms in total. The van der Waals surface area contributed by atoms with Crippen LogP contribution in [0.25, 0.3) is 22.0 Å². The molecular formula is C28H25N3O2. The highest BCUT2D eigenvalue weighted by Gasteiger charge is 2.32. The Morgan fingerprint density at radius 3 is 2.64 bits per heavy atom. The zero-order chi connectivity index (χ0) is 22.7. The van der Waals surface area contributed by atoms with Crippen LogP contribution in [0.2, 0.25) is 0 Å². The van der Waals surface area contributed by atoms with Crippen LogP contribution in [0.4, 0.5) is 5.69 Å². The first kappa shape index (κ1) is 19.8. The highest BCUT2D eigenvalue weighted by molar-refractivity contribution is 5.83. The Morgan fingerprint density at radius 2 is 1.79 bits per heavy atom. The van der Waals surface area contributed by atoms with Crippen molar-refractivity contribution in [2.75, 3.05) is 11.4 Å². The Hall–Kier alpha value is -3.86. The van der Waals surface area contributed by atoms with Gasteiger partial charge in [0.05, 0.1) is 23.6 Å². The fraction of sp³-hybridized carbons (Fsp3) is 0.214. The average molecular weight is 436 g/mol. The van der Waals surface area contributed by atoms with Gasteiger partial charge < -0.3 is 13.9 Å². The van der Waals surface area contributed by atoms with E-state index in [1.807, 2.05) is 19.1 Å². The van der Waals surface area contributed by atoms with Crippen molar-refractivity contribution in [3.63, 3.8) is 0 Å². The minimum atomic E-state index is -0.325. The van der Waals surface area contributed by atoms with Crippen molar-refractivity contribution in [1.82, 2.24) is 9.55 Å². The Morgan fingerprint density at radius 1 is 0.939 bits per heavy atom. The summed E-state index contributed by atoms with van der Waals surface area (Å²) in [7, 11) is 0. The summed E-state index contributed by atoms with van der Waals surface area (Å²) in [5.41, 5.74) is 8.14. The summed E-state index contributed by atoms with van der Waals surface area (Å²) in [6.07, 6.45) is 0. The van der Waals surface area contributed by atoms with E-state index in [0.29, 0.717) is 12.3 Å². The smallest absolute Gasteiger partial charge is 0.336 e. The van der Waals surface area contributed by atoms with Crippen molar-refractivity contribution in [3.05, 3.63) is 105 Å². The summed E-state index contributed by atoms with van der Waals surface area (Å²) in [5, 5.41) is 0.964. The normalized spacial score (nSPS) is 15.8. The second-order valence-electron chi connectivity index (χ2n) is 9.09. The standard InChI is InChI=1S/C28H25N3O2/c1-17-8-11-21-22(14-27(32)33-26(21)12-17)23-15-30(20-10-9-18(2)19(3)13-20)16-31-25-7-5-4-6-24(25)29-28(23)31/h4-14,23H,15-16H2,1-3H3. The van der Waals surface area contributed by atoms with Crippen LogP contribution < -0.4 is 10.5 Å². The van der Waals surface area contributed by atoms with E-state index in [1.165, 1.54) is 16.8 Å². The number of benzene rings is 3. The molecule has 1 aliphatic heterocycles. The van der Waals surface area contributed by atoms with E-state index < -0.39 is 0 Å². The van der Waals surface area contributed by atoms with Crippen LogP contribution in [0.15, 0.2) is 75.9 Å².